The van der Waals surface area contributed by atoms with Gasteiger partial charge in [0.2, 0.25) is 4.77 Å². The van der Waals surface area contributed by atoms with Crippen molar-refractivity contribution >= 4 is 18.4 Å². The lowest BCUT2D eigenvalue weighted by atomic mass is 10.0. The van der Waals surface area contributed by atoms with Crippen LogP contribution in [0.4, 0.5) is 0 Å². The fraction of sp³-hybridized carbons (Fsp3) is 0.400. The number of aryl methyl sites for hydroxylation is 2. The Morgan fingerprint density at radius 3 is 2.56 bits per heavy atom. The van der Waals surface area contributed by atoms with Crippen LogP contribution >= 0.6 is 12.2 Å². The highest BCUT2D eigenvalue weighted by Gasteiger charge is 2.15. The number of nitrogens with one attached hydrogen (secondary N) is 1. The molecule has 0 aliphatic heterocycles. The van der Waals surface area contributed by atoms with Crippen LogP contribution in [0.25, 0.3) is 0 Å². The standard InChI is InChI=1S/C25H32N4O2S/c1-6-20(7-2)24-27-28-25(32)29(24)26-15-19-11-12-22(23(14-19)30-8-3)31-16-21-13-17(4)9-10-18(21)5/h9-15,20H,6-8,16H2,1-5H3,(H,28,32)/b26-15-. The van der Waals surface area contributed by atoms with Gasteiger partial charge in [0, 0.05) is 5.92 Å². The maximum Gasteiger partial charge on any atom is 0.216 e. The van der Waals surface area contributed by atoms with E-state index in [0.717, 1.165) is 24.2 Å². The topological polar surface area (TPSA) is 64.4 Å². The van der Waals surface area contributed by atoms with Crippen LogP contribution in [0.1, 0.15) is 67.6 Å². The molecule has 0 saturated carbocycles. The highest BCUT2D eigenvalue weighted by Crippen LogP contribution is 2.29. The second-order valence-corrected chi connectivity index (χ2v) is 8.20. The predicted molar refractivity (Wildman–Crippen MR) is 132 cm³/mol. The number of aromatic amines is 1. The first-order valence-electron chi connectivity index (χ1n) is 11.1. The molecule has 0 fully saturated rings. The molecule has 2 aromatic carbocycles. The molecule has 1 heterocycles. The lowest BCUT2D eigenvalue weighted by Crippen LogP contribution is -2.05. The minimum atomic E-state index is 0.306. The summed E-state index contributed by atoms with van der Waals surface area (Å²) in [5.41, 5.74) is 4.49. The highest BCUT2D eigenvalue weighted by molar-refractivity contribution is 7.71. The van der Waals surface area contributed by atoms with E-state index in [1.807, 2.05) is 25.1 Å². The Kier molecular flexibility index (Phi) is 8.22. The van der Waals surface area contributed by atoms with Crippen LogP contribution < -0.4 is 9.47 Å². The van der Waals surface area contributed by atoms with Gasteiger partial charge < -0.3 is 9.47 Å². The molecular weight excluding hydrogens is 420 g/mol. The van der Waals surface area contributed by atoms with Gasteiger partial charge in [-0.3, -0.25) is 5.10 Å². The number of H-pyrrole nitrogens is 1. The van der Waals surface area contributed by atoms with E-state index in [-0.39, 0.29) is 0 Å². The average molecular weight is 453 g/mol. The van der Waals surface area contributed by atoms with Crippen LogP contribution in [0.5, 0.6) is 11.5 Å². The zero-order valence-corrected chi connectivity index (χ0v) is 20.3. The first-order chi connectivity index (χ1) is 15.5. The van der Waals surface area contributed by atoms with Crippen LogP contribution in [0.2, 0.25) is 0 Å². The molecule has 32 heavy (non-hydrogen) atoms. The number of rotatable bonds is 10. The van der Waals surface area contributed by atoms with Crippen molar-refractivity contribution in [3.63, 3.8) is 0 Å². The van der Waals surface area contributed by atoms with Gasteiger partial charge in [-0.1, -0.05) is 37.6 Å². The molecule has 0 unspecified atom stereocenters. The summed E-state index contributed by atoms with van der Waals surface area (Å²) >= 11 is 5.38. The van der Waals surface area contributed by atoms with Gasteiger partial charge in [-0.2, -0.15) is 14.9 Å². The van der Waals surface area contributed by atoms with Crippen molar-refractivity contribution in [3.8, 4) is 11.5 Å². The number of hydrogen-bond donors (Lipinski definition) is 1. The number of ether oxygens (including phenoxy) is 2. The van der Waals surface area contributed by atoms with Crippen molar-refractivity contribution in [2.24, 2.45) is 5.10 Å². The Hall–Kier alpha value is -2.93. The van der Waals surface area contributed by atoms with Gasteiger partial charge in [0.25, 0.3) is 0 Å². The average Bonchev–Trinajstić information content (AvgIpc) is 3.15. The summed E-state index contributed by atoms with van der Waals surface area (Å²) in [6, 6.07) is 12.2. The van der Waals surface area contributed by atoms with E-state index in [2.05, 4.69) is 61.2 Å². The summed E-state index contributed by atoms with van der Waals surface area (Å²) in [7, 11) is 0. The summed E-state index contributed by atoms with van der Waals surface area (Å²) < 4.78 is 14.1. The molecule has 0 atom stereocenters. The number of aromatic nitrogens is 3. The largest absolute Gasteiger partial charge is 0.490 e. The molecule has 0 radical (unpaired) electrons. The summed E-state index contributed by atoms with van der Waals surface area (Å²) in [5, 5.41) is 11.8. The van der Waals surface area contributed by atoms with Gasteiger partial charge >= 0.3 is 0 Å². The van der Waals surface area contributed by atoms with E-state index in [4.69, 9.17) is 21.7 Å². The summed E-state index contributed by atoms with van der Waals surface area (Å²) in [5.74, 6) is 2.56. The normalized spacial score (nSPS) is 11.4. The van der Waals surface area contributed by atoms with Crippen LogP contribution in [0, 0.1) is 18.6 Å². The van der Waals surface area contributed by atoms with Crippen LogP contribution in [0.3, 0.4) is 0 Å². The molecule has 7 heteroatoms. The van der Waals surface area contributed by atoms with Crippen molar-refractivity contribution in [1.29, 1.82) is 0 Å². The Morgan fingerprint density at radius 2 is 1.84 bits per heavy atom. The van der Waals surface area contributed by atoms with Crippen molar-refractivity contribution in [2.45, 2.75) is 60.0 Å². The predicted octanol–water partition coefficient (Wildman–Crippen LogP) is 6.32. The molecular formula is C25H32N4O2S. The quantitative estimate of drug-likeness (QED) is 0.289. The molecule has 1 aromatic heterocycles. The summed E-state index contributed by atoms with van der Waals surface area (Å²) in [6.45, 7) is 11.5. The van der Waals surface area contributed by atoms with Crippen LogP contribution in [0.15, 0.2) is 41.5 Å². The van der Waals surface area contributed by atoms with Crippen LogP contribution in [-0.4, -0.2) is 27.7 Å². The molecule has 0 aliphatic rings. The smallest absolute Gasteiger partial charge is 0.216 e. The molecule has 0 spiro atoms. The van der Waals surface area contributed by atoms with E-state index >= 15 is 0 Å². The Bertz CT molecular complexity index is 1130. The van der Waals surface area contributed by atoms with Crippen molar-refractivity contribution in [2.75, 3.05) is 6.61 Å². The molecule has 0 saturated heterocycles. The van der Waals surface area contributed by atoms with Crippen LogP contribution in [-0.2, 0) is 6.61 Å². The van der Waals surface area contributed by atoms with Gasteiger partial charge in [0.05, 0.1) is 12.8 Å². The second kappa shape index (κ2) is 11.1. The van der Waals surface area contributed by atoms with Gasteiger partial charge in [-0.25, -0.2) is 0 Å². The van der Waals surface area contributed by atoms with Gasteiger partial charge in [0.1, 0.15) is 6.61 Å². The van der Waals surface area contributed by atoms with E-state index in [9.17, 15) is 0 Å². The molecule has 0 aliphatic carbocycles. The number of hydrogen-bond acceptors (Lipinski definition) is 5. The monoisotopic (exact) mass is 452 g/mol. The maximum absolute atomic E-state index is 6.11. The van der Waals surface area contributed by atoms with Crippen molar-refractivity contribution < 1.29 is 9.47 Å². The SMILES string of the molecule is CCOc1cc(/C=N\n2c(C(CC)CC)n[nH]c2=S)ccc1OCc1cc(C)ccc1C. The fourth-order valence-electron chi connectivity index (χ4n) is 3.56. The first-order valence-corrected chi connectivity index (χ1v) is 11.5. The Morgan fingerprint density at radius 1 is 1.06 bits per heavy atom. The molecule has 0 bridgehead atoms. The summed E-state index contributed by atoms with van der Waals surface area (Å²) in [4.78, 5) is 0. The third-order valence-electron chi connectivity index (χ3n) is 5.50. The molecule has 6 nitrogen and oxygen atoms in total. The van der Waals surface area contributed by atoms with E-state index < -0.39 is 0 Å². The molecule has 3 aromatic rings. The fourth-order valence-corrected chi connectivity index (χ4v) is 3.75. The number of benzene rings is 2. The van der Waals surface area contributed by atoms with Gasteiger partial charge in [-0.05, 0) is 80.7 Å². The lowest BCUT2D eigenvalue weighted by Gasteiger charge is -2.14. The summed E-state index contributed by atoms with van der Waals surface area (Å²) in [6.07, 6.45) is 3.73. The molecule has 1 N–H and O–H groups in total. The van der Waals surface area contributed by atoms with Crippen molar-refractivity contribution in [3.05, 3.63) is 69.2 Å². The van der Waals surface area contributed by atoms with E-state index in [0.29, 0.717) is 35.4 Å². The highest BCUT2D eigenvalue weighted by atomic mass is 32.1. The van der Waals surface area contributed by atoms with E-state index in [1.54, 1.807) is 10.9 Å². The zero-order valence-electron chi connectivity index (χ0n) is 19.5. The Balaban J connectivity index is 1.83. The van der Waals surface area contributed by atoms with E-state index in [1.165, 1.54) is 16.7 Å². The maximum atomic E-state index is 6.11. The third kappa shape index (κ3) is 5.65. The second-order valence-electron chi connectivity index (χ2n) is 7.81. The van der Waals surface area contributed by atoms with Crippen molar-refractivity contribution in [1.82, 2.24) is 14.9 Å². The first kappa shape index (κ1) is 23.7. The molecule has 3 rings (SSSR count). The zero-order chi connectivity index (χ0) is 23.1. The van der Waals surface area contributed by atoms with Gasteiger partial charge in [0.15, 0.2) is 17.3 Å². The minimum Gasteiger partial charge on any atom is -0.490 e. The molecule has 170 valence electrons. The Labute approximate surface area is 195 Å². The molecule has 0 amide bonds. The number of nitrogens with zero attached hydrogens (tertiary/aromatic N) is 3. The minimum absolute atomic E-state index is 0.306. The lowest BCUT2D eigenvalue weighted by molar-refractivity contribution is 0.269. The third-order valence-corrected chi connectivity index (χ3v) is 5.77. The van der Waals surface area contributed by atoms with Gasteiger partial charge in [-0.15, -0.1) is 0 Å².